The molecule has 0 unspecified atom stereocenters. The zero-order valence-corrected chi connectivity index (χ0v) is 14.0. The molecule has 2 saturated carbocycles. The first-order valence-electron chi connectivity index (χ1n) is 8.44. The van der Waals surface area contributed by atoms with Crippen molar-refractivity contribution in [1.29, 1.82) is 0 Å². The number of hydrogen-bond donors (Lipinski definition) is 2. The van der Waals surface area contributed by atoms with Crippen LogP contribution in [0.5, 0.6) is 0 Å². The molecule has 0 atom stereocenters. The lowest BCUT2D eigenvalue weighted by atomic mass is 9.84. The fraction of sp³-hybridized carbons (Fsp3) is 0.875. The van der Waals surface area contributed by atoms with Gasteiger partial charge < -0.3 is 16.0 Å². The van der Waals surface area contributed by atoms with Gasteiger partial charge in [0.25, 0.3) is 0 Å². The summed E-state index contributed by atoms with van der Waals surface area (Å²) < 4.78 is 0. The quantitative estimate of drug-likeness (QED) is 0.819. The second-order valence-corrected chi connectivity index (χ2v) is 7.04. The van der Waals surface area contributed by atoms with E-state index in [0.717, 1.165) is 64.5 Å². The molecule has 3 N–H and O–H groups in total. The molecule has 126 valence electrons. The molecule has 3 rings (SSSR count). The molecule has 0 aromatic rings. The smallest absolute Gasteiger partial charge is 0.227 e. The van der Waals surface area contributed by atoms with E-state index in [1.165, 1.54) is 0 Å². The second-order valence-electron chi connectivity index (χ2n) is 7.04. The Hall–Kier alpha value is -0.810. The predicted molar refractivity (Wildman–Crippen MR) is 87.7 cm³/mol. The summed E-state index contributed by atoms with van der Waals surface area (Å²) in [6.45, 7) is 2.03. The normalized spacial score (nSPS) is 24.7. The SMILES string of the molecule is Cl.NCC1(C(=O)NC2CCN(C(=O)C3CC3)CC2)CCCC1. The van der Waals surface area contributed by atoms with Crippen LogP contribution in [0.2, 0.25) is 0 Å². The average Bonchev–Trinajstić information content (AvgIpc) is 3.24. The van der Waals surface area contributed by atoms with E-state index in [9.17, 15) is 9.59 Å². The van der Waals surface area contributed by atoms with Gasteiger partial charge in [-0.3, -0.25) is 9.59 Å². The Balaban J connectivity index is 0.00000176. The van der Waals surface area contributed by atoms with Crippen molar-refractivity contribution in [2.75, 3.05) is 19.6 Å². The summed E-state index contributed by atoms with van der Waals surface area (Å²) >= 11 is 0. The van der Waals surface area contributed by atoms with Crippen molar-refractivity contribution in [3.8, 4) is 0 Å². The van der Waals surface area contributed by atoms with E-state index in [-0.39, 0.29) is 29.8 Å². The topological polar surface area (TPSA) is 75.4 Å². The molecule has 1 aliphatic heterocycles. The van der Waals surface area contributed by atoms with Crippen molar-refractivity contribution in [3.05, 3.63) is 0 Å². The standard InChI is InChI=1S/C16H27N3O2.ClH/c17-11-16(7-1-2-8-16)15(21)18-13-5-9-19(10-6-13)14(20)12-3-4-12;/h12-13H,1-11,17H2,(H,18,21);1H. The van der Waals surface area contributed by atoms with Crippen molar-refractivity contribution in [3.63, 3.8) is 0 Å². The summed E-state index contributed by atoms with van der Waals surface area (Å²) in [5.41, 5.74) is 5.54. The minimum Gasteiger partial charge on any atom is -0.353 e. The van der Waals surface area contributed by atoms with Crippen molar-refractivity contribution in [2.24, 2.45) is 17.1 Å². The number of hydrogen-bond acceptors (Lipinski definition) is 3. The molecule has 0 spiro atoms. The summed E-state index contributed by atoms with van der Waals surface area (Å²) in [6.07, 6.45) is 7.96. The van der Waals surface area contributed by atoms with Crippen LogP contribution in [0.15, 0.2) is 0 Å². The van der Waals surface area contributed by atoms with E-state index < -0.39 is 0 Å². The lowest BCUT2D eigenvalue weighted by Gasteiger charge is -2.35. The molecule has 0 bridgehead atoms. The molecule has 6 heteroatoms. The number of halogens is 1. The van der Waals surface area contributed by atoms with Crippen molar-refractivity contribution < 1.29 is 9.59 Å². The van der Waals surface area contributed by atoms with Crippen molar-refractivity contribution in [1.82, 2.24) is 10.2 Å². The Bertz CT molecular complexity index is 412. The predicted octanol–water partition coefficient (Wildman–Crippen LogP) is 1.44. The molecular formula is C16H28ClN3O2. The van der Waals surface area contributed by atoms with Gasteiger partial charge in [0.15, 0.2) is 0 Å². The number of nitrogens with zero attached hydrogens (tertiary/aromatic N) is 1. The van der Waals surface area contributed by atoms with E-state index in [4.69, 9.17) is 5.73 Å². The van der Waals surface area contributed by atoms with Crippen LogP contribution in [-0.2, 0) is 9.59 Å². The third-order valence-electron chi connectivity index (χ3n) is 5.50. The maximum absolute atomic E-state index is 12.5. The van der Waals surface area contributed by atoms with E-state index in [1.807, 2.05) is 4.90 Å². The minimum absolute atomic E-state index is 0. The molecule has 0 radical (unpaired) electrons. The molecule has 2 amide bonds. The van der Waals surface area contributed by atoms with Gasteiger partial charge in [0.2, 0.25) is 11.8 Å². The molecule has 0 aromatic carbocycles. The molecule has 1 heterocycles. The minimum atomic E-state index is -0.318. The van der Waals surface area contributed by atoms with Gasteiger partial charge in [0, 0.05) is 31.6 Å². The van der Waals surface area contributed by atoms with Crippen LogP contribution in [0, 0.1) is 11.3 Å². The fourth-order valence-electron chi connectivity index (χ4n) is 3.75. The Morgan fingerprint density at radius 3 is 2.18 bits per heavy atom. The third-order valence-corrected chi connectivity index (χ3v) is 5.50. The largest absolute Gasteiger partial charge is 0.353 e. The van der Waals surface area contributed by atoms with Gasteiger partial charge in [-0.2, -0.15) is 0 Å². The van der Waals surface area contributed by atoms with Gasteiger partial charge in [-0.05, 0) is 38.5 Å². The first-order valence-corrected chi connectivity index (χ1v) is 8.44. The van der Waals surface area contributed by atoms with E-state index in [1.54, 1.807) is 0 Å². The number of carbonyl (C=O) groups is 2. The molecule has 22 heavy (non-hydrogen) atoms. The summed E-state index contributed by atoms with van der Waals surface area (Å²) in [7, 11) is 0. The van der Waals surface area contributed by atoms with Crippen molar-refractivity contribution >= 4 is 24.2 Å². The number of carbonyl (C=O) groups excluding carboxylic acids is 2. The van der Waals surface area contributed by atoms with E-state index in [0.29, 0.717) is 18.4 Å². The van der Waals surface area contributed by atoms with E-state index >= 15 is 0 Å². The molecule has 1 saturated heterocycles. The number of rotatable bonds is 4. The monoisotopic (exact) mass is 329 g/mol. The highest BCUT2D eigenvalue weighted by atomic mass is 35.5. The summed E-state index contributed by atoms with van der Waals surface area (Å²) in [4.78, 5) is 26.5. The lowest BCUT2D eigenvalue weighted by Crippen LogP contribution is -2.52. The highest BCUT2D eigenvalue weighted by Crippen LogP contribution is 2.37. The zero-order chi connectivity index (χ0) is 14.9. The number of likely N-dealkylation sites (tertiary alicyclic amines) is 1. The number of piperidine rings is 1. The first-order chi connectivity index (χ1) is 10.1. The van der Waals surface area contributed by atoms with Crippen molar-refractivity contribution in [2.45, 2.75) is 57.4 Å². The van der Waals surface area contributed by atoms with Gasteiger partial charge in [-0.1, -0.05) is 12.8 Å². The van der Waals surface area contributed by atoms with Gasteiger partial charge in [0.1, 0.15) is 0 Å². The van der Waals surface area contributed by atoms with Crippen LogP contribution >= 0.6 is 12.4 Å². The number of amides is 2. The molecule has 5 nitrogen and oxygen atoms in total. The van der Waals surface area contributed by atoms with Crippen LogP contribution in [0.1, 0.15) is 51.4 Å². The highest BCUT2D eigenvalue weighted by molar-refractivity contribution is 5.85. The zero-order valence-electron chi connectivity index (χ0n) is 13.2. The van der Waals surface area contributed by atoms with Gasteiger partial charge in [-0.15, -0.1) is 12.4 Å². The van der Waals surface area contributed by atoms with Crippen LogP contribution in [0.25, 0.3) is 0 Å². The first kappa shape index (κ1) is 17.5. The summed E-state index contributed by atoms with van der Waals surface area (Å²) in [5.74, 6) is 0.776. The van der Waals surface area contributed by atoms with Crippen LogP contribution in [0.3, 0.4) is 0 Å². The van der Waals surface area contributed by atoms with Gasteiger partial charge in [-0.25, -0.2) is 0 Å². The second kappa shape index (κ2) is 7.18. The summed E-state index contributed by atoms with van der Waals surface area (Å²) in [5, 5.41) is 3.20. The molecule has 3 aliphatic rings. The average molecular weight is 330 g/mol. The van der Waals surface area contributed by atoms with E-state index in [2.05, 4.69) is 5.32 Å². The van der Waals surface area contributed by atoms with Crippen LogP contribution < -0.4 is 11.1 Å². The lowest BCUT2D eigenvalue weighted by molar-refractivity contribution is -0.134. The summed E-state index contributed by atoms with van der Waals surface area (Å²) in [6, 6.07) is 0.213. The Kier molecular flexibility index (Phi) is 5.72. The fourth-order valence-corrected chi connectivity index (χ4v) is 3.75. The molecule has 2 aliphatic carbocycles. The molecular weight excluding hydrogens is 302 g/mol. The Morgan fingerprint density at radius 1 is 1.09 bits per heavy atom. The van der Waals surface area contributed by atoms with Gasteiger partial charge in [0.05, 0.1) is 5.41 Å². The maximum Gasteiger partial charge on any atom is 0.227 e. The number of nitrogens with one attached hydrogen (secondary N) is 1. The maximum atomic E-state index is 12.5. The number of nitrogens with two attached hydrogens (primary N) is 1. The highest BCUT2D eigenvalue weighted by Gasteiger charge is 2.41. The van der Waals surface area contributed by atoms with Crippen LogP contribution in [0.4, 0.5) is 0 Å². The molecule has 0 aromatic heterocycles. The Labute approximate surface area is 138 Å². The Morgan fingerprint density at radius 2 is 1.68 bits per heavy atom. The van der Waals surface area contributed by atoms with Gasteiger partial charge >= 0.3 is 0 Å². The third kappa shape index (κ3) is 3.57. The molecule has 3 fully saturated rings. The van der Waals surface area contributed by atoms with Crippen LogP contribution in [-0.4, -0.2) is 42.4 Å².